The predicted molar refractivity (Wildman–Crippen MR) is 126 cm³/mol. The molecule has 3 aromatic carbocycles. The van der Waals surface area contributed by atoms with Gasteiger partial charge in [0.05, 0.1) is 5.56 Å². The smallest absolute Gasteiger partial charge is 0.239 e. The number of hydrogen-bond donors (Lipinski definition) is 3. The van der Waals surface area contributed by atoms with Crippen molar-refractivity contribution >= 4 is 40.2 Å². The fourth-order valence-corrected chi connectivity index (χ4v) is 5.37. The lowest BCUT2D eigenvalue weighted by Gasteiger charge is -2.30. The summed E-state index contributed by atoms with van der Waals surface area (Å²) in [6.07, 6.45) is 3.33. The van der Waals surface area contributed by atoms with E-state index in [1.807, 2.05) is 0 Å². The van der Waals surface area contributed by atoms with Crippen LogP contribution in [0.15, 0.2) is 77.9 Å². The van der Waals surface area contributed by atoms with Crippen LogP contribution in [-0.4, -0.2) is 40.0 Å². The number of carbonyl (C=O) groups excluding carboxylic acids is 4. The van der Waals surface area contributed by atoms with Gasteiger partial charge in [-0.1, -0.05) is 36.4 Å². The molecule has 3 aromatic rings. The summed E-state index contributed by atoms with van der Waals surface area (Å²) in [5.74, 6) is -1.49. The van der Waals surface area contributed by atoms with Gasteiger partial charge in [-0.15, -0.1) is 0 Å². The Hall–Kier alpha value is -4.91. The molecule has 0 saturated carbocycles. The fourth-order valence-electron chi connectivity index (χ4n) is 5.37. The first-order valence-corrected chi connectivity index (χ1v) is 11.0. The van der Waals surface area contributed by atoms with E-state index >= 15 is 0 Å². The van der Waals surface area contributed by atoms with Crippen molar-refractivity contribution in [1.29, 1.82) is 0 Å². The molecule has 1 aliphatic heterocycles. The van der Waals surface area contributed by atoms with Crippen molar-refractivity contribution in [3.05, 3.63) is 111 Å². The molecule has 0 spiro atoms. The number of rotatable bonds is 0. The molecule has 7 heteroatoms. The maximum Gasteiger partial charge on any atom is 0.239 e. The largest absolute Gasteiger partial charge is 0.507 e. The SMILES string of the molecule is O=C1C2=C(C(=O)c3ccccc31)C1Nc3ccc4c(c3[NH+]=C1C=C2)C(=O)c1cccc(O)c1C4=O. The summed E-state index contributed by atoms with van der Waals surface area (Å²) in [4.78, 5) is 56.4. The molecular weight excluding hydrogens is 444 g/mol. The van der Waals surface area contributed by atoms with Gasteiger partial charge in [0.25, 0.3) is 0 Å². The molecule has 1 heterocycles. The Bertz CT molecular complexity index is 1710. The van der Waals surface area contributed by atoms with Crippen LogP contribution in [0.25, 0.3) is 0 Å². The van der Waals surface area contributed by atoms with Crippen molar-refractivity contribution in [3.8, 4) is 5.75 Å². The van der Waals surface area contributed by atoms with Crippen LogP contribution in [0.2, 0.25) is 0 Å². The third kappa shape index (κ3) is 2.41. The molecule has 0 radical (unpaired) electrons. The number of carbonyl (C=O) groups is 4. The summed E-state index contributed by atoms with van der Waals surface area (Å²) in [6.45, 7) is 0. The van der Waals surface area contributed by atoms with Crippen LogP contribution in [0.1, 0.15) is 52.6 Å². The van der Waals surface area contributed by atoms with E-state index < -0.39 is 11.8 Å². The van der Waals surface area contributed by atoms with Gasteiger partial charge in [0.2, 0.25) is 17.2 Å². The molecule has 35 heavy (non-hydrogen) atoms. The molecule has 0 aromatic heterocycles. The quantitative estimate of drug-likeness (QED) is 0.371. The van der Waals surface area contributed by atoms with Gasteiger partial charge in [-0.3, -0.25) is 19.2 Å². The molecule has 166 valence electrons. The topological polar surface area (TPSA) is 115 Å². The third-order valence-corrected chi connectivity index (χ3v) is 6.99. The highest BCUT2D eigenvalue weighted by Gasteiger charge is 2.45. The summed E-state index contributed by atoms with van der Waals surface area (Å²) in [5, 5.41) is 13.5. The highest BCUT2D eigenvalue weighted by Crippen LogP contribution is 2.40. The van der Waals surface area contributed by atoms with E-state index in [9.17, 15) is 24.3 Å². The average Bonchev–Trinajstić information content (AvgIpc) is 2.88. The number of fused-ring (bicyclic) bond motifs is 7. The number of aromatic hydroxyl groups is 1. The van der Waals surface area contributed by atoms with Crippen LogP contribution >= 0.6 is 0 Å². The molecule has 0 saturated heterocycles. The minimum absolute atomic E-state index is 0.00316. The van der Waals surface area contributed by atoms with Crippen LogP contribution in [-0.2, 0) is 0 Å². The highest BCUT2D eigenvalue weighted by molar-refractivity contribution is 6.33. The summed E-state index contributed by atoms with van der Waals surface area (Å²) >= 11 is 0. The molecule has 0 bridgehead atoms. The summed E-state index contributed by atoms with van der Waals surface area (Å²) < 4.78 is 0. The second-order valence-electron chi connectivity index (χ2n) is 8.79. The molecule has 3 aliphatic carbocycles. The van der Waals surface area contributed by atoms with E-state index in [4.69, 9.17) is 0 Å². The number of anilines is 1. The van der Waals surface area contributed by atoms with Crippen molar-refractivity contribution in [2.24, 2.45) is 0 Å². The Labute approximate surface area is 198 Å². The van der Waals surface area contributed by atoms with E-state index in [2.05, 4.69) is 10.3 Å². The van der Waals surface area contributed by atoms with E-state index in [0.717, 1.165) is 0 Å². The van der Waals surface area contributed by atoms with Crippen LogP contribution in [0.4, 0.5) is 11.4 Å². The Morgan fingerprint density at radius 2 is 1.37 bits per heavy atom. The molecule has 1 unspecified atom stereocenters. The first-order chi connectivity index (χ1) is 17.0. The Morgan fingerprint density at radius 1 is 0.686 bits per heavy atom. The number of benzene rings is 3. The molecule has 4 aliphatic rings. The zero-order valence-corrected chi connectivity index (χ0v) is 18.0. The van der Waals surface area contributed by atoms with Crippen LogP contribution < -0.4 is 10.3 Å². The number of hydrogen-bond acceptors (Lipinski definition) is 6. The first-order valence-electron chi connectivity index (χ1n) is 11.0. The molecule has 0 amide bonds. The van der Waals surface area contributed by atoms with Gasteiger partial charge in [0, 0.05) is 39.5 Å². The average molecular weight is 459 g/mol. The van der Waals surface area contributed by atoms with Crippen molar-refractivity contribution in [1.82, 2.24) is 0 Å². The molecule has 1 atom stereocenters. The summed E-state index contributed by atoms with van der Waals surface area (Å²) in [6, 6.07) is 13.8. The molecule has 7 nitrogen and oxygen atoms in total. The normalized spacial score (nSPS) is 19.1. The van der Waals surface area contributed by atoms with Crippen molar-refractivity contribution in [2.45, 2.75) is 6.04 Å². The maximum absolute atomic E-state index is 13.4. The van der Waals surface area contributed by atoms with Crippen molar-refractivity contribution < 1.29 is 29.3 Å². The van der Waals surface area contributed by atoms with E-state index in [1.165, 1.54) is 18.2 Å². The fraction of sp³-hybridized carbons (Fsp3) is 0.0357. The van der Waals surface area contributed by atoms with E-state index in [-0.39, 0.29) is 45.4 Å². The Kier molecular flexibility index (Phi) is 3.67. The van der Waals surface area contributed by atoms with Gasteiger partial charge in [-0.05, 0) is 24.3 Å². The van der Waals surface area contributed by atoms with Gasteiger partial charge < -0.3 is 10.4 Å². The number of ketones is 4. The zero-order valence-electron chi connectivity index (χ0n) is 18.0. The lowest BCUT2D eigenvalue weighted by atomic mass is 9.76. The van der Waals surface area contributed by atoms with E-state index in [1.54, 1.807) is 48.6 Å². The van der Waals surface area contributed by atoms with Crippen LogP contribution in [0, 0.1) is 0 Å². The van der Waals surface area contributed by atoms with Gasteiger partial charge in [-0.25, -0.2) is 4.99 Å². The minimum Gasteiger partial charge on any atom is -0.507 e. The summed E-state index contributed by atoms with van der Waals surface area (Å²) in [5.41, 5.74) is 3.50. The first kappa shape index (κ1) is 19.5. The highest BCUT2D eigenvalue weighted by atomic mass is 16.3. The number of phenolic OH excluding ortho intramolecular Hbond substituents is 1. The van der Waals surface area contributed by atoms with Crippen LogP contribution in [0.5, 0.6) is 5.75 Å². The summed E-state index contributed by atoms with van der Waals surface area (Å²) in [7, 11) is 0. The number of nitrogens with one attached hydrogen (secondary N) is 2. The predicted octanol–water partition coefficient (Wildman–Crippen LogP) is 2.06. The van der Waals surface area contributed by atoms with Gasteiger partial charge >= 0.3 is 0 Å². The third-order valence-electron chi connectivity index (χ3n) is 6.99. The molecule has 7 rings (SSSR count). The second-order valence-corrected chi connectivity index (χ2v) is 8.79. The van der Waals surface area contributed by atoms with Crippen molar-refractivity contribution in [3.63, 3.8) is 0 Å². The maximum atomic E-state index is 13.4. The molecule has 0 fully saturated rings. The molecule has 3 N–H and O–H groups in total. The van der Waals surface area contributed by atoms with Gasteiger partial charge in [0.1, 0.15) is 23.0 Å². The van der Waals surface area contributed by atoms with Crippen LogP contribution in [0.3, 0.4) is 0 Å². The molecular formula is C28H15N2O5+. The van der Waals surface area contributed by atoms with Crippen molar-refractivity contribution in [2.75, 3.05) is 5.32 Å². The second kappa shape index (κ2) is 6.57. The lowest BCUT2D eigenvalue weighted by molar-refractivity contribution is -0.355. The number of allylic oxidation sites excluding steroid dienone is 2. The van der Waals surface area contributed by atoms with E-state index in [0.29, 0.717) is 39.4 Å². The number of phenols is 1. The lowest BCUT2D eigenvalue weighted by Crippen LogP contribution is -2.74. The standard InChI is InChI=1S/C28H14N2O5/c31-19-7-3-6-14-20(19)27(34)16-9-11-18-24(22(16)28(14)35)30-17-10-8-15-21(23(17)29-18)26(33)13-5-2-1-4-12(13)25(15)32/h1-11,23,29,31H/p+1. The van der Waals surface area contributed by atoms with Gasteiger partial charge in [0.15, 0.2) is 17.3 Å². The van der Waals surface area contributed by atoms with Gasteiger partial charge in [-0.2, -0.15) is 0 Å². The Morgan fingerprint density at radius 3 is 2.17 bits per heavy atom. The zero-order chi connectivity index (χ0) is 24.0. The minimum atomic E-state index is -0.615. The Balaban J connectivity index is 1.39. The number of Topliss-reactive ketones (excluding diaryl/α,β-unsaturated/α-hetero) is 2. The monoisotopic (exact) mass is 459 g/mol.